The first kappa shape index (κ1) is 17.3. The van der Waals surface area contributed by atoms with E-state index in [1.54, 1.807) is 6.07 Å². The molecule has 26 heavy (non-hydrogen) atoms. The highest BCUT2D eigenvalue weighted by Crippen LogP contribution is 2.41. The number of aromatic hydroxyl groups is 1. The van der Waals surface area contributed by atoms with E-state index < -0.39 is 6.23 Å². The molecule has 0 amide bonds. The van der Waals surface area contributed by atoms with Gasteiger partial charge in [-0.1, -0.05) is 36.9 Å². The van der Waals surface area contributed by atoms with Crippen molar-refractivity contribution < 1.29 is 9.84 Å². The molecule has 0 spiro atoms. The van der Waals surface area contributed by atoms with Crippen LogP contribution >= 0.6 is 34.4 Å². The maximum Gasteiger partial charge on any atom is 0.247 e. The summed E-state index contributed by atoms with van der Waals surface area (Å²) in [5.74, 6) is 1.40. The molecule has 1 aliphatic heterocycles. The Kier molecular flexibility index (Phi) is 4.86. The predicted octanol–water partition coefficient (Wildman–Crippen LogP) is 4.46. The van der Waals surface area contributed by atoms with Gasteiger partial charge in [0, 0.05) is 14.8 Å². The highest BCUT2D eigenvalue weighted by molar-refractivity contribution is 14.1. The number of phenols is 1. The number of nitrogens with zero attached hydrogens (tertiary/aromatic N) is 3. The van der Waals surface area contributed by atoms with Crippen molar-refractivity contribution in [3.8, 4) is 22.9 Å². The second-order valence-corrected chi connectivity index (χ2v) is 8.05. The zero-order valence-corrected chi connectivity index (χ0v) is 16.8. The third kappa shape index (κ3) is 3.30. The fourth-order valence-corrected chi connectivity index (χ4v) is 3.73. The molecule has 1 aromatic heterocycles. The van der Waals surface area contributed by atoms with Crippen LogP contribution in [-0.4, -0.2) is 26.0 Å². The first-order valence-electron chi connectivity index (χ1n) is 8.04. The minimum atomic E-state index is -0.594. The summed E-state index contributed by atoms with van der Waals surface area (Å²) in [5.41, 5.74) is 2.94. The standard InChI is InChI=1S/C18H15IN4O2S/c1-2-26-18-21-17-15(22-23-18)11-5-3-4-6-13(11)20-16(25-17)12-9-10(19)7-8-14(12)24/h3-9,16,20,24H,2H2,1H3/t16-/m1/s1. The van der Waals surface area contributed by atoms with Crippen LogP contribution in [0.2, 0.25) is 0 Å². The summed E-state index contributed by atoms with van der Waals surface area (Å²) in [6.45, 7) is 2.03. The Morgan fingerprint density at radius 1 is 1.23 bits per heavy atom. The van der Waals surface area contributed by atoms with Crippen LogP contribution in [0.5, 0.6) is 11.6 Å². The Labute approximate surface area is 168 Å². The number of ether oxygens (including phenoxy) is 1. The summed E-state index contributed by atoms with van der Waals surface area (Å²) >= 11 is 3.71. The number of nitrogens with one attached hydrogen (secondary N) is 1. The van der Waals surface area contributed by atoms with Gasteiger partial charge in [-0.3, -0.25) is 0 Å². The van der Waals surface area contributed by atoms with Gasteiger partial charge in [0.25, 0.3) is 0 Å². The average molecular weight is 478 g/mol. The SMILES string of the molecule is CCSc1nnc2c(n1)O[C@H](c1cc(I)ccc1O)Nc1ccccc1-2. The number of rotatable bonds is 3. The normalized spacial score (nSPS) is 15.2. The molecule has 6 nitrogen and oxygen atoms in total. The fraction of sp³-hybridized carbons (Fsp3) is 0.167. The fourth-order valence-electron chi connectivity index (χ4n) is 2.71. The van der Waals surface area contributed by atoms with E-state index in [0.717, 1.165) is 20.6 Å². The minimum Gasteiger partial charge on any atom is -0.507 e. The number of thioether (sulfide) groups is 1. The quantitative estimate of drug-likeness (QED) is 0.425. The number of para-hydroxylation sites is 1. The van der Waals surface area contributed by atoms with Gasteiger partial charge >= 0.3 is 0 Å². The van der Waals surface area contributed by atoms with E-state index in [0.29, 0.717) is 22.3 Å². The number of anilines is 1. The van der Waals surface area contributed by atoms with Gasteiger partial charge in [-0.05, 0) is 52.6 Å². The van der Waals surface area contributed by atoms with Crippen molar-refractivity contribution in [2.24, 2.45) is 0 Å². The summed E-state index contributed by atoms with van der Waals surface area (Å²) in [6.07, 6.45) is -0.594. The molecular formula is C18H15IN4O2S. The third-order valence-corrected chi connectivity index (χ3v) is 5.27. The minimum absolute atomic E-state index is 0.161. The molecule has 1 atom stereocenters. The summed E-state index contributed by atoms with van der Waals surface area (Å²) in [4.78, 5) is 4.53. The van der Waals surface area contributed by atoms with Crippen molar-refractivity contribution in [1.82, 2.24) is 15.2 Å². The summed E-state index contributed by atoms with van der Waals surface area (Å²) in [6, 6.07) is 13.2. The molecule has 1 aliphatic rings. The highest BCUT2D eigenvalue weighted by Gasteiger charge is 2.27. The molecule has 3 aromatic rings. The molecular weight excluding hydrogens is 463 g/mol. The van der Waals surface area contributed by atoms with Gasteiger partial charge in [-0.25, -0.2) is 0 Å². The smallest absolute Gasteiger partial charge is 0.247 e. The molecule has 2 heterocycles. The lowest BCUT2D eigenvalue weighted by molar-refractivity contribution is 0.220. The van der Waals surface area contributed by atoms with E-state index >= 15 is 0 Å². The molecule has 0 aliphatic carbocycles. The van der Waals surface area contributed by atoms with E-state index in [1.807, 2.05) is 43.3 Å². The van der Waals surface area contributed by atoms with Crippen molar-refractivity contribution in [3.05, 3.63) is 51.6 Å². The van der Waals surface area contributed by atoms with Crippen LogP contribution in [-0.2, 0) is 0 Å². The Hall–Kier alpha value is -2.07. The molecule has 4 rings (SSSR count). The predicted molar refractivity (Wildman–Crippen MR) is 109 cm³/mol. The summed E-state index contributed by atoms with van der Waals surface area (Å²) < 4.78 is 7.15. The second kappa shape index (κ2) is 7.28. The van der Waals surface area contributed by atoms with Gasteiger partial charge in [-0.15, -0.1) is 10.2 Å². The first-order valence-corrected chi connectivity index (χ1v) is 10.1. The second-order valence-electron chi connectivity index (χ2n) is 5.57. The number of hydrogen-bond donors (Lipinski definition) is 2. The number of halogens is 1. The molecule has 2 N–H and O–H groups in total. The van der Waals surface area contributed by atoms with Gasteiger partial charge < -0.3 is 15.2 Å². The van der Waals surface area contributed by atoms with Gasteiger partial charge in [0.15, 0.2) is 5.69 Å². The van der Waals surface area contributed by atoms with Crippen LogP contribution in [0.15, 0.2) is 47.6 Å². The Bertz CT molecular complexity index is 970. The lowest BCUT2D eigenvalue weighted by Gasteiger charge is -2.20. The topological polar surface area (TPSA) is 80.2 Å². The van der Waals surface area contributed by atoms with Crippen LogP contribution in [0.1, 0.15) is 18.7 Å². The maximum absolute atomic E-state index is 10.3. The van der Waals surface area contributed by atoms with E-state index in [2.05, 4.69) is 43.1 Å². The number of hydrogen-bond acceptors (Lipinski definition) is 7. The molecule has 0 fully saturated rings. The van der Waals surface area contributed by atoms with E-state index in [-0.39, 0.29) is 5.75 Å². The monoisotopic (exact) mass is 478 g/mol. The van der Waals surface area contributed by atoms with Crippen LogP contribution in [0.3, 0.4) is 0 Å². The highest BCUT2D eigenvalue weighted by atomic mass is 127. The molecule has 2 aromatic carbocycles. The molecule has 0 bridgehead atoms. The number of phenolic OH excluding ortho intramolecular Hbond substituents is 1. The average Bonchev–Trinajstić information content (AvgIpc) is 2.80. The molecule has 132 valence electrons. The third-order valence-electron chi connectivity index (χ3n) is 3.88. The van der Waals surface area contributed by atoms with E-state index in [1.165, 1.54) is 11.8 Å². The van der Waals surface area contributed by atoms with Crippen molar-refractivity contribution >= 4 is 40.0 Å². The van der Waals surface area contributed by atoms with E-state index in [4.69, 9.17) is 4.74 Å². The van der Waals surface area contributed by atoms with Crippen molar-refractivity contribution in [2.45, 2.75) is 18.3 Å². The van der Waals surface area contributed by atoms with Crippen LogP contribution in [0.4, 0.5) is 5.69 Å². The molecule has 0 saturated carbocycles. The number of aromatic nitrogens is 3. The van der Waals surface area contributed by atoms with E-state index in [9.17, 15) is 5.11 Å². The molecule has 0 unspecified atom stereocenters. The van der Waals surface area contributed by atoms with Gasteiger partial charge in [0.2, 0.25) is 17.3 Å². The Morgan fingerprint density at radius 3 is 2.92 bits per heavy atom. The Morgan fingerprint density at radius 2 is 2.08 bits per heavy atom. The van der Waals surface area contributed by atoms with Gasteiger partial charge in [0.1, 0.15) is 5.75 Å². The first-order chi connectivity index (χ1) is 12.7. The maximum atomic E-state index is 10.3. The lowest BCUT2D eigenvalue weighted by atomic mass is 10.1. The number of benzene rings is 2. The van der Waals surface area contributed by atoms with Crippen molar-refractivity contribution in [1.29, 1.82) is 0 Å². The van der Waals surface area contributed by atoms with Gasteiger partial charge in [-0.2, -0.15) is 4.98 Å². The van der Waals surface area contributed by atoms with Crippen LogP contribution in [0, 0.1) is 3.57 Å². The summed E-state index contributed by atoms with van der Waals surface area (Å²) in [7, 11) is 0. The van der Waals surface area contributed by atoms with Crippen molar-refractivity contribution in [2.75, 3.05) is 11.1 Å². The zero-order valence-electron chi connectivity index (χ0n) is 13.8. The van der Waals surface area contributed by atoms with Gasteiger partial charge in [0.05, 0.1) is 5.56 Å². The molecule has 0 radical (unpaired) electrons. The van der Waals surface area contributed by atoms with Crippen LogP contribution < -0.4 is 10.1 Å². The van der Waals surface area contributed by atoms with Crippen molar-refractivity contribution in [3.63, 3.8) is 0 Å². The lowest BCUT2D eigenvalue weighted by Crippen LogP contribution is -2.17. The number of fused-ring (bicyclic) bond motifs is 3. The largest absolute Gasteiger partial charge is 0.507 e. The summed E-state index contributed by atoms with van der Waals surface area (Å²) in [5, 5.41) is 22.8. The molecule has 8 heteroatoms. The zero-order chi connectivity index (χ0) is 18.1. The Balaban J connectivity index is 1.86. The molecule has 0 saturated heterocycles. The van der Waals surface area contributed by atoms with Crippen LogP contribution in [0.25, 0.3) is 11.3 Å².